The average Bonchev–Trinajstić information content (AvgIpc) is 3.24. The number of hydrogen-bond donors (Lipinski definition) is 1. The second-order valence-corrected chi connectivity index (χ2v) is 7.05. The molecule has 1 saturated heterocycles. The maximum Gasteiger partial charge on any atom is 0.289 e. The van der Waals surface area contributed by atoms with Gasteiger partial charge in [0.1, 0.15) is 11.8 Å². The molecule has 2 aromatic rings. The summed E-state index contributed by atoms with van der Waals surface area (Å²) in [6.07, 6.45) is 2.03. The number of rotatable bonds is 3. The third kappa shape index (κ3) is 3.31. The van der Waals surface area contributed by atoms with Crippen molar-refractivity contribution < 1.29 is 14.0 Å². The van der Waals surface area contributed by atoms with Crippen LogP contribution in [0.1, 0.15) is 47.1 Å². The van der Waals surface area contributed by atoms with Crippen LogP contribution in [0.3, 0.4) is 0 Å². The minimum absolute atomic E-state index is 0.0970. The highest BCUT2D eigenvalue weighted by Crippen LogP contribution is 2.30. The third-order valence-electron chi connectivity index (χ3n) is 4.70. The monoisotopic (exact) mass is 356 g/mol. The highest BCUT2D eigenvalue weighted by atomic mass is 16.4. The van der Waals surface area contributed by atoms with Crippen molar-refractivity contribution in [2.75, 3.05) is 13.1 Å². The normalized spacial score (nSPS) is 19.0. The molecule has 0 aliphatic carbocycles. The maximum atomic E-state index is 12.6. The van der Waals surface area contributed by atoms with Gasteiger partial charge in [-0.3, -0.25) is 9.59 Å². The van der Waals surface area contributed by atoms with Gasteiger partial charge < -0.3 is 14.6 Å². The largest absolute Gasteiger partial charge is 0.440 e. The van der Waals surface area contributed by atoms with Crippen LogP contribution < -0.4 is 5.32 Å². The molecule has 9 nitrogen and oxygen atoms in total. The molecular formula is C17H20N6O3. The lowest BCUT2D eigenvalue weighted by Gasteiger charge is -2.44. The fourth-order valence-electron chi connectivity index (χ4n) is 3.19. The van der Waals surface area contributed by atoms with E-state index in [1.807, 2.05) is 19.9 Å². The van der Waals surface area contributed by atoms with Gasteiger partial charge >= 0.3 is 0 Å². The van der Waals surface area contributed by atoms with Crippen molar-refractivity contribution in [3.05, 3.63) is 35.5 Å². The Hall–Kier alpha value is -3.15. The molecule has 2 amide bonds. The molecule has 0 spiro atoms. The van der Waals surface area contributed by atoms with Crippen LogP contribution in [0.2, 0.25) is 0 Å². The summed E-state index contributed by atoms with van der Waals surface area (Å²) in [5, 5.41) is 19.3. The molecule has 136 valence electrons. The third-order valence-corrected chi connectivity index (χ3v) is 4.70. The summed E-state index contributed by atoms with van der Waals surface area (Å²) in [6.45, 7) is 4.95. The van der Waals surface area contributed by atoms with Crippen LogP contribution >= 0.6 is 0 Å². The van der Waals surface area contributed by atoms with Gasteiger partial charge in [0.05, 0.1) is 6.20 Å². The minimum atomic E-state index is -0.333. The molecule has 2 aromatic heterocycles. The predicted molar refractivity (Wildman–Crippen MR) is 90.0 cm³/mol. The van der Waals surface area contributed by atoms with Crippen molar-refractivity contribution >= 4 is 11.8 Å². The van der Waals surface area contributed by atoms with E-state index in [4.69, 9.17) is 9.68 Å². The SMILES string of the molecule is Cn1nncc1C(=O)NC1CCN(C(=O)c2ccc(C#N)o2)CC1(C)C. The topological polar surface area (TPSA) is 117 Å². The molecule has 9 heteroatoms. The Labute approximate surface area is 150 Å². The molecule has 1 aliphatic rings. The number of carbonyl (C=O) groups is 2. The van der Waals surface area contributed by atoms with E-state index in [9.17, 15) is 9.59 Å². The Morgan fingerprint density at radius 2 is 2.19 bits per heavy atom. The lowest BCUT2D eigenvalue weighted by atomic mass is 9.79. The Kier molecular flexibility index (Phi) is 4.50. The van der Waals surface area contributed by atoms with Crippen molar-refractivity contribution in [1.29, 1.82) is 5.26 Å². The fourth-order valence-corrected chi connectivity index (χ4v) is 3.19. The van der Waals surface area contributed by atoms with Crippen LogP contribution in [-0.4, -0.2) is 50.8 Å². The van der Waals surface area contributed by atoms with Crippen LogP contribution in [0.25, 0.3) is 0 Å². The molecule has 3 heterocycles. The van der Waals surface area contributed by atoms with Crippen LogP contribution in [0.15, 0.2) is 22.7 Å². The zero-order chi connectivity index (χ0) is 18.9. The smallest absolute Gasteiger partial charge is 0.289 e. The molecule has 0 saturated carbocycles. The van der Waals surface area contributed by atoms with Crippen molar-refractivity contribution in [3.8, 4) is 6.07 Å². The Bertz CT molecular complexity index is 875. The number of amides is 2. The fraction of sp³-hybridized carbons (Fsp3) is 0.471. The van der Waals surface area contributed by atoms with E-state index in [0.29, 0.717) is 25.2 Å². The van der Waals surface area contributed by atoms with E-state index >= 15 is 0 Å². The number of aromatic nitrogens is 3. The lowest BCUT2D eigenvalue weighted by Crippen LogP contribution is -2.57. The van der Waals surface area contributed by atoms with Gasteiger partial charge in [0.2, 0.25) is 5.76 Å². The van der Waals surface area contributed by atoms with Gasteiger partial charge in [-0.2, -0.15) is 5.26 Å². The number of hydrogen-bond acceptors (Lipinski definition) is 6. The van der Waals surface area contributed by atoms with Crippen LogP contribution in [-0.2, 0) is 7.05 Å². The summed E-state index contributed by atoms with van der Waals surface area (Å²) in [6, 6.07) is 4.76. The van der Waals surface area contributed by atoms with Crippen molar-refractivity contribution in [3.63, 3.8) is 0 Å². The van der Waals surface area contributed by atoms with Gasteiger partial charge in [0.15, 0.2) is 5.76 Å². The standard InChI is InChI=1S/C17H20N6O3/c1-17(2)10-23(16(25)13-5-4-11(8-18)26-13)7-6-14(17)20-15(24)12-9-19-21-22(12)3/h4-5,9,14H,6-7,10H2,1-3H3,(H,20,24). The summed E-state index contributed by atoms with van der Waals surface area (Å²) in [5.74, 6) is -0.222. The summed E-state index contributed by atoms with van der Waals surface area (Å²) >= 11 is 0. The van der Waals surface area contributed by atoms with Gasteiger partial charge in [-0.05, 0) is 18.6 Å². The summed E-state index contributed by atoms with van der Waals surface area (Å²) in [4.78, 5) is 26.7. The zero-order valence-corrected chi connectivity index (χ0v) is 14.9. The number of piperidine rings is 1. The molecule has 0 aromatic carbocycles. The molecule has 1 atom stereocenters. The molecule has 3 rings (SSSR count). The number of aryl methyl sites for hydroxylation is 1. The van der Waals surface area contributed by atoms with Gasteiger partial charge in [-0.25, -0.2) is 4.68 Å². The minimum Gasteiger partial charge on any atom is -0.440 e. The van der Waals surface area contributed by atoms with Gasteiger partial charge in [0.25, 0.3) is 11.8 Å². The van der Waals surface area contributed by atoms with E-state index < -0.39 is 0 Å². The Morgan fingerprint density at radius 3 is 2.77 bits per heavy atom. The predicted octanol–water partition coefficient (Wildman–Crippen LogP) is 0.950. The van der Waals surface area contributed by atoms with Crippen molar-refractivity contribution in [2.45, 2.75) is 26.3 Å². The molecule has 1 unspecified atom stereocenters. The van der Waals surface area contributed by atoms with E-state index in [-0.39, 0.29) is 34.8 Å². The van der Waals surface area contributed by atoms with E-state index in [1.165, 1.54) is 23.0 Å². The van der Waals surface area contributed by atoms with Crippen LogP contribution in [0, 0.1) is 16.7 Å². The maximum absolute atomic E-state index is 12.6. The Morgan fingerprint density at radius 1 is 1.42 bits per heavy atom. The molecule has 1 N–H and O–H groups in total. The quantitative estimate of drug-likeness (QED) is 0.875. The molecule has 26 heavy (non-hydrogen) atoms. The number of nitrogens with one attached hydrogen (secondary N) is 1. The first-order valence-corrected chi connectivity index (χ1v) is 8.26. The second-order valence-electron chi connectivity index (χ2n) is 7.05. The van der Waals surface area contributed by atoms with Crippen molar-refractivity contribution in [2.24, 2.45) is 12.5 Å². The molecule has 0 bridgehead atoms. The number of furan rings is 1. The summed E-state index contributed by atoms with van der Waals surface area (Å²) in [7, 11) is 1.66. The van der Waals surface area contributed by atoms with Gasteiger partial charge in [-0.15, -0.1) is 5.10 Å². The number of nitriles is 1. The first-order chi connectivity index (χ1) is 12.3. The second kappa shape index (κ2) is 6.63. The first kappa shape index (κ1) is 17.7. The van der Waals surface area contributed by atoms with E-state index in [0.717, 1.165) is 0 Å². The number of carbonyl (C=O) groups excluding carboxylic acids is 2. The lowest BCUT2D eigenvalue weighted by molar-refractivity contribution is 0.0439. The molecule has 1 aliphatic heterocycles. The van der Waals surface area contributed by atoms with Crippen molar-refractivity contribution in [1.82, 2.24) is 25.2 Å². The summed E-state index contributed by atoms with van der Waals surface area (Å²) < 4.78 is 6.65. The Balaban J connectivity index is 1.67. The highest BCUT2D eigenvalue weighted by molar-refractivity contribution is 5.93. The first-order valence-electron chi connectivity index (χ1n) is 8.26. The summed E-state index contributed by atoms with van der Waals surface area (Å²) in [5.41, 5.74) is 0.0548. The number of nitrogens with zero attached hydrogens (tertiary/aromatic N) is 5. The van der Waals surface area contributed by atoms with E-state index in [2.05, 4.69) is 15.6 Å². The molecule has 0 radical (unpaired) electrons. The van der Waals surface area contributed by atoms with Gasteiger partial charge in [-0.1, -0.05) is 19.1 Å². The van der Waals surface area contributed by atoms with Gasteiger partial charge in [0, 0.05) is 31.6 Å². The highest BCUT2D eigenvalue weighted by Gasteiger charge is 2.39. The molecule has 1 fully saturated rings. The van der Waals surface area contributed by atoms with E-state index in [1.54, 1.807) is 11.9 Å². The van der Waals surface area contributed by atoms with Crippen LogP contribution in [0.4, 0.5) is 0 Å². The van der Waals surface area contributed by atoms with Crippen LogP contribution in [0.5, 0.6) is 0 Å². The zero-order valence-electron chi connectivity index (χ0n) is 14.9. The average molecular weight is 356 g/mol. The molecular weight excluding hydrogens is 336 g/mol. The number of likely N-dealkylation sites (tertiary alicyclic amines) is 1.